The minimum atomic E-state index is 0.0914. The maximum absolute atomic E-state index is 11.3. The summed E-state index contributed by atoms with van der Waals surface area (Å²) in [7, 11) is 1.58. The molecule has 66 valence electrons. The van der Waals surface area contributed by atoms with Crippen LogP contribution in [-0.2, 0) is 4.74 Å². The van der Waals surface area contributed by atoms with Gasteiger partial charge in [-0.15, -0.1) is 11.3 Å². The number of ketones is 1. The third-order valence-electron chi connectivity index (χ3n) is 1.38. The van der Waals surface area contributed by atoms with E-state index in [-0.39, 0.29) is 5.78 Å². The van der Waals surface area contributed by atoms with Crippen LogP contribution in [0.15, 0.2) is 12.1 Å². The van der Waals surface area contributed by atoms with Crippen molar-refractivity contribution in [1.82, 2.24) is 0 Å². The van der Waals surface area contributed by atoms with Gasteiger partial charge >= 0.3 is 0 Å². The minimum Gasteiger partial charge on any atom is -0.384 e. The summed E-state index contributed by atoms with van der Waals surface area (Å²) in [5.41, 5.74) is 0. The van der Waals surface area contributed by atoms with Gasteiger partial charge in [0.15, 0.2) is 5.78 Å². The minimum absolute atomic E-state index is 0.0914. The van der Waals surface area contributed by atoms with E-state index in [2.05, 4.69) is 0 Å². The predicted octanol–water partition coefficient (Wildman–Crippen LogP) is 2.62. The first-order valence-corrected chi connectivity index (χ1v) is 4.71. The van der Waals surface area contributed by atoms with E-state index >= 15 is 0 Å². The van der Waals surface area contributed by atoms with Crippen molar-refractivity contribution >= 4 is 28.7 Å². The number of methoxy groups -OCH3 is 1. The van der Waals surface area contributed by atoms with E-state index in [4.69, 9.17) is 16.3 Å². The lowest BCUT2D eigenvalue weighted by molar-refractivity contribution is 0.0936. The molecule has 4 heteroatoms. The molecule has 0 aromatic carbocycles. The van der Waals surface area contributed by atoms with Gasteiger partial charge in [0.2, 0.25) is 0 Å². The first-order chi connectivity index (χ1) is 5.74. The van der Waals surface area contributed by atoms with Crippen LogP contribution in [-0.4, -0.2) is 19.5 Å². The maximum atomic E-state index is 11.3. The fourth-order valence-electron chi connectivity index (χ4n) is 0.782. The second-order valence-corrected chi connectivity index (χ2v) is 3.98. The molecule has 0 unspecified atom stereocenters. The molecule has 1 heterocycles. The number of carbonyl (C=O) groups is 1. The number of carbonyl (C=O) groups excluding carboxylic acids is 1. The molecule has 0 atom stereocenters. The maximum Gasteiger partial charge on any atom is 0.175 e. The largest absolute Gasteiger partial charge is 0.384 e. The van der Waals surface area contributed by atoms with Crippen LogP contribution in [0, 0.1) is 0 Å². The molecule has 1 aromatic heterocycles. The number of Topliss-reactive ketones (excluding diaryl/α,β-unsaturated/α-hetero) is 1. The lowest BCUT2D eigenvalue weighted by Gasteiger charge is -1.94. The zero-order valence-electron chi connectivity index (χ0n) is 6.67. The Balaban J connectivity index is 2.53. The van der Waals surface area contributed by atoms with Gasteiger partial charge in [-0.25, -0.2) is 0 Å². The van der Waals surface area contributed by atoms with E-state index in [1.807, 2.05) is 0 Å². The number of hydrogen-bond donors (Lipinski definition) is 0. The molecule has 2 nitrogen and oxygen atoms in total. The normalized spacial score (nSPS) is 10.2. The van der Waals surface area contributed by atoms with E-state index in [1.165, 1.54) is 11.3 Å². The highest BCUT2D eigenvalue weighted by molar-refractivity contribution is 7.18. The Morgan fingerprint density at radius 1 is 1.67 bits per heavy atom. The molecule has 12 heavy (non-hydrogen) atoms. The molecule has 0 aliphatic heterocycles. The van der Waals surface area contributed by atoms with E-state index in [9.17, 15) is 4.79 Å². The summed E-state index contributed by atoms with van der Waals surface area (Å²) >= 11 is 6.98. The van der Waals surface area contributed by atoms with Crippen LogP contribution >= 0.6 is 22.9 Å². The summed E-state index contributed by atoms with van der Waals surface area (Å²) in [6.45, 7) is 0.467. The van der Waals surface area contributed by atoms with Gasteiger partial charge in [0.05, 0.1) is 15.8 Å². The zero-order valence-corrected chi connectivity index (χ0v) is 8.24. The number of hydrogen-bond acceptors (Lipinski definition) is 3. The highest BCUT2D eigenvalue weighted by atomic mass is 35.5. The van der Waals surface area contributed by atoms with Crippen molar-refractivity contribution in [3.05, 3.63) is 21.3 Å². The summed E-state index contributed by atoms with van der Waals surface area (Å²) in [6.07, 6.45) is 0.424. The van der Waals surface area contributed by atoms with Crippen LogP contribution in [0.1, 0.15) is 16.1 Å². The predicted molar refractivity (Wildman–Crippen MR) is 50.2 cm³/mol. The molecule has 0 radical (unpaired) electrons. The van der Waals surface area contributed by atoms with Crippen LogP contribution in [0.3, 0.4) is 0 Å². The van der Waals surface area contributed by atoms with Crippen molar-refractivity contribution in [1.29, 1.82) is 0 Å². The molecular weight excluding hydrogens is 196 g/mol. The molecule has 1 rings (SSSR count). The van der Waals surface area contributed by atoms with Crippen LogP contribution in [0.5, 0.6) is 0 Å². The van der Waals surface area contributed by atoms with E-state index in [0.717, 1.165) is 0 Å². The monoisotopic (exact) mass is 204 g/mol. The molecule has 0 N–H and O–H groups in total. The van der Waals surface area contributed by atoms with Gasteiger partial charge in [0.1, 0.15) is 0 Å². The Bertz CT molecular complexity index is 270. The van der Waals surface area contributed by atoms with E-state index in [0.29, 0.717) is 22.2 Å². The van der Waals surface area contributed by atoms with Gasteiger partial charge in [0.25, 0.3) is 0 Å². The highest BCUT2D eigenvalue weighted by Crippen LogP contribution is 2.22. The summed E-state index contributed by atoms with van der Waals surface area (Å²) < 4.78 is 5.44. The molecule has 0 spiro atoms. The molecule has 0 aliphatic carbocycles. The number of thiophene rings is 1. The van der Waals surface area contributed by atoms with Crippen LogP contribution < -0.4 is 0 Å². The molecular formula is C8H9ClO2S. The van der Waals surface area contributed by atoms with Crippen molar-refractivity contribution in [2.45, 2.75) is 6.42 Å². The van der Waals surface area contributed by atoms with Gasteiger partial charge in [-0.3, -0.25) is 4.79 Å². The summed E-state index contributed by atoms with van der Waals surface area (Å²) in [4.78, 5) is 12.0. The molecule has 0 aliphatic rings. The number of ether oxygens (including phenoxy) is 1. The lowest BCUT2D eigenvalue weighted by atomic mass is 10.2. The molecule has 0 saturated heterocycles. The number of rotatable bonds is 4. The van der Waals surface area contributed by atoms with Gasteiger partial charge in [0, 0.05) is 13.5 Å². The van der Waals surface area contributed by atoms with Crippen molar-refractivity contribution in [3.8, 4) is 0 Å². The fraction of sp³-hybridized carbons (Fsp3) is 0.375. The summed E-state index contributed by atoms with van der Waals surface area (Å²) in [6, 6.07) is 3.47. The standard InChI is InChI=1S/C8H9ClO2S/c1-11-5-4-6(10)7-2-3-8(9)12-7/h2-3H,4-5H2,1H3. The topological polar surface area (TPSA) is 26.3 Å². The zero-order chi connectivity index (χ0) is 8.97. The Kier molecular flexibility index (Phi) is 3.72. The molecule has 1 aromatic rings. The van der Waals surface area contributed by atoms with Gasteiger partial charge in [-0.2, -0.15) is 0 Å². The SMILES string of the molecule is COCCC(=O)c1ccc(Cl)s1. The summed E-state index contributed by atoms with van der Waals surface area (Å²) in [5, 5.41) is 0. The van der Waals surface area contributed by atoms with E-state index < -0.39 is 0 Å². The molecule has 0 fully saturated rings. The van der Waals surface area contributed by atoms with Crippen molar-refractivity contribution in [3.63, 3.8) is 0 Å². The van der Waals surface area contributed by atoms with Gasteiger partial charge in [-0.1, -0.05) is 11.6 Å². The van der Waals surface area contributed by atoms with Crippen molar-refractivity contribution in [2.75, 3.05) is 13.7 Å². The second-order valence-electron chi connectivity index (χ2n) is 2.27. The third-order valence-corrected chi connectivity index (χ3v) is 2.65. The highest BCUT2D eigenvalue weighted by Gasteiger charge is 2.07. The Morgan fingerprint density at radius 2 is 2.42 bits per heavy atom. The molecule has 0 saturated carbocycles. The van der Waals surface area contributed by atoms with Gasteiger partial charge < -0.3 is 4.74 Å². The van der Waals surface area contributed by atoms with Crippen molar-refractivity contribution < 1.29 is 9.53 Å². The average molecular weight is 205 g/mol. The van der Waals surface area contributed by atoms with Crippen LogP contribution in [0.2, 0.25) is 4.34 Å². The average Bonchev–Trinajstić information content (AvgIpc) is 2.47. The Hall–Kier alpha value is -0.380. The first-order valence-electron chi connectivity index (χ1n) is 3.51. The lowest BCUT2D eigenvalue weighted by Crippen LogP contribution is -2.00. The smallest absolute Gasteiger partial charge is 0.175 e. The van der Waals surface area contributed by atoms with E-state index in [1.54, 1.807) is 19.2 Å². The Morgan fingerprint density at radius 3 is 2.92 bits per heavy atom. The molecule has 0 bridgehead atoms. The van der Waals surface area contributed by atoms with Crippen LogP contribution in [0.25, 0.3) is 0 Å². The Labute approximate surface area is 80.1 Å². The third kappa shape index (κ3) is 2.59. The number of halogens is 1. The first kappa shape index (κ1) is 9.71. The second kappa shape index (κ2) is 4.60. The van der Waals surface area contributed by atoms with Crippen molar-refractivity contribution in [2.24, 2.45) is 0 Å². The van der Waals surface area contributed by atoms with Gasteiger partial charge in [-0.05, 0) is 12.1 Å². The molecule has 0 amide bonds. The summed E-state index contributed by atoms with van der Waals surface area (Å²) in [5.74, 6) is 0.0914. The fourth-order valence-corrected chi connectivity index (χ4v) is 1.79. The van der Waals surface area contributed by atoms with Crippen LogP contribution in [0.4, 0.5) is 0 Å². The quantitative estimate of drug-likeness (QED) is 0.705.